The number of anilines is 1. The second-order valence-corrected chi connectivity index (χ2v) is 14.4. The van der Waals surface area contributed by atoms with Gasteiger partial charge in [0, 0.05) is 106 Å². The summed E-state index contributed by atoms with van der Waals surface area (Å²) < 4.78 is 37.5. The highest BCUT2D eigenvalue weighted by Gasteiger charge is 2.38. The quantitative estimate of drug-likeness (QED) is 0.411. The number of piperazine rings is 1. The minimum atomic E-state index is -3.16. The van der Waals surface area contributed by atoms with E-state index in [0.717, 1.165) is 81.0 Å². The topological polar surface area (TPSA) is 124 Å². The molecular weight excluding hydrogens is 582 g/mol. The Morgan fingerprint density at radius 1 is 1.09 bits per heavy atom. The lowest BCUT2D eigenvalue weighted by atomic mass is 9.87. The molecule has 0 radical (unpaired) electrons. The number of H-pyrrole nitrogens is 1. The first-order valence-electron chi connectivity index (χ1n) is 15.8. The number of hydrogen-bond acceptors (Lipinski definition) is 8. The van der Waals surface area contributed by atoms with Gasteiger partial charge < -0.3 is 24.7 Å². The molecule has 0 bridgehead atoms. The molecule has 44 heavy (non-hydrogen) atoms. The monoisotopic (exact) mass is 629 g/mol. The largest absolute Gasteiger partial charge is 0.490 e. The molecule has 3 heterocycles. The lowest BCUT2D eigenvalue weighted by Crippen LogP contribution is -2.56. The Hall–Kier alpha value is -2.93. The van der Waals surface area contributed by atoms with Crippen LogP contribution in [0.3, 0.4) is 0 Å². The number of aromatic amines is 1. The maximum absolute atomic E-state index is 13.7. The van der Waals surface area contributed by atoms with E-state index in [1.165, 1.54) is 6.26 Å². The number of aryl methyl sites for hydroxylation is 2. The molecule has 0 unspecified atom stereocenters. The molecule has 2 N–H and O–H groups in total. The molecular formula is C32H47N5O6S. The summed E-state index contributed by atoms with van der Waals surface area (Å²) in [6.07, 6.45) is 4.85. The Labute approximate surface area is 260 Å². The Morgan fingerprint density at radius 3 is 2.39 bits per heavy atom. The molecule has 1 aromatic heterocycles. The van der Waals surface area contributed by atoms with Crippen molar-refractivity contribution in [3.63, 3.8) is 0 Å². The Kier molecular flexibility index (Phi) is 10.0. The van der Waals surface area contributed by atoms with Crippen LogP contribution in [-0.2, 0) is 21.3 Å². The van der Waals surface area contributed by atoms with Crippen LogP contribution in [0.15, 0.2) is 23.0 Å². The minimum Gasteiger partial charge on any atom is -0.490 e. The predicted octanol–water partition coefficient (Wildman–Crippen LogP) is 2.72. The standard InChI is InChI=1S/C32H47N5O6S/c1-6-37(24-7-13-42-14-8-24)30-19-27(43-26-16-25(17-26)35-9-11-36(12-10-35)44(5,40)41)18-28(23(30)4)31(38)33-20-29-21(2)15-22(3)34-32(29)39/h15,18-19,24-26H,6-14,16-17,20H2,1-5H3,(H,33,38)(H,34,39)/t25-,26-. The van der Waals surface area contributed by atoms with Crippen molar-refractivity contribution in [1.82, 2.24) is 19.5 Å². The van der Waals surface area contributed by atoms with E-state index >= 15 is 0 Å². The van der Waals surface area contributed by atoms with E-state index in [2.05, 4.69) is 33.1 Å². The highest BCUT2D eigenvalue weighted by Crippen LogP contribution is 2.36. The molecule has 2 saturated heterocycles. The molecule has 5 rings (SSSR count). The second kappa shape index (κ2) is 13.6. The summed E-state index contributed by atoms with van der Waals surface area (Å²) in [6, 6.07) is 6.48. The Bertz CT molecular complexity index is 1510. The number of hydrogen-bond donors (Lipinski definition) is 2. The molecule has 3 fully saturated rings. The van der Waals surface area contributed by atoms with Gasteiger partial charge in [0.25, 0.3) is 11.5 Å². The predicted molar refractivity (Wildman–Crippen MR) is 171 cm³/mol. The maximum Gasteiger partial charge on any atom is 0.253 e. The zero-order valence-corrected chi connectivity index (χ0v) is 27.5. The van der Waals surface area contributed by atoms with E-state index in [-0.39, 0.29) is 24.1 Å². The first kappa shape index (κ1) is 32.5. The van der Waals surface area contributed by atoms with E-state index in [1.54, 1.807) is 4.31 Å². The number of nitrogens with one attached hydrogen (secondary N) is 2. The fraction of sp³-hybridized carbons (Fsp3) is 0.625. The number of nitrogens with zero attached hydrogens (tertiary/aromatic N) is 3. The van der Waals surface area contributed by atoms with Crippen molar-refractivity contribution in [3.05, 3.63) is 56.5 Å². The minimum absolute atomic E-state index is 0.0197. The first-order valence-corrected chi connectivity index (χ1v) is 17.6. The van der Waals surface area contributed by atoms with E-state index in [0.29, 0.717) is 42.0 Å². The smallest absolute Gasteiger partial charge is 0.253 e. The van der Waals surface area contributed by atoms with Crippen molar-refractivity contribution in [2.24, 2.45) is 0 Å². The molecule has 1 amide bonds. The van der Waals surface area contributed by atoms with Crippen LogP contribution in [0.2, 0.25) is 0 Å². The van der Waals surface area contributed by atoms with Crippen molar-refractivity contribution >= 4 is 21.6 Å². The number of amides is 1. The highest BCUT2D eigenvalue weighted by molar-refractivity contribution is 7.88. The third-order valence-corrected chi connectivity index (χ3v) is 10.7. The molecule has 0 spiro atoms. The maximum atomic E-state index is 13.7. The molecule has 0 atom stereocenters. The van der Waals surface area contributed by atoms with E-state index < -0.39 is 10.0 Å². The van der Waals surface area contributed by atoms with Gasteiger partial charge in [0.2, 0.25) is 10.0 Å². The van der Waals surface area contributed by atoms with Crippen molar-refractivity contribution in [1.29, 1.82) is 0 Å². The van der Waals surface area contributed by atoms with Crippen LogP contribution in [0.4, 0.5) is 5.69 Å². The number of aromatic nitrogens is 1. The molecule has 11 nitrogen and oxygen atoms in total. The van der Waals surface area contributed by atoms with Gasteiger partial charge in [-0.1, -0.05) is 0 Å². The van der Waals surface area contributed by atoms with Crippen molar-refractivity contribution in [3.8, 4) is 5.75 Å². The van der Waals surface area contributed by atoms with Crippen LogP contribution in [0.1, 0.15) is 65.3 Å². The number of rotatable bonds is 10. The van der Waals surface area contributed by atoms with Gasteiger partial charge in [-0.05, 0) is 63.8 Å². The SMILES string of the molecule is CCN(c1cc(O[C@H]2C[C@H](N3CCN(S(C)(=O)=O)CC3)C2)cc(C(=O)NCc2c(C)cc(C)[nH]c2=O)c1C)C1CCOCC1. The molecule has 12 heteroatoms. The normalized spacial score (nSPS) is 21.9. The van der Waals surface area contributed by atoms with E-state index in [1.807, 2.05) is 32.9 Å². The number of pyridine rings is 1. The average molecular weight is 630 g/mol. The van der Waals surface area contributed by atoms with Gasteiger partial charge in [-0.2, -0.15) is 4.31 Å². The first-order chi connectivity index (χ1) is 20.9. The number of carbonyl (C=O) groups is 1. The molecule has 3 aliphatic rings. The number of benzene rings is 1. The number of sulfonamides is 1. The van der Waals surface area contributed by atoms with Gasteiger partial charge in [-0.3, -0.25) is 14.5 Å². The fourth-order valence-electron chi connectivity index (χ4n) is 6.79. The fourth-order valence-corrected chi connectivity index (χ4v) is 7.61. The molecule has 2 aromatic rings. The molecule has 1 aliphatic carbocycles. The Balaban J connectivity index is 1.33. The van der Waals surface area contributed by atoms with Crippen molar-refractivity contribution < 1.29 is 22.7 Å². The van der Waals surface area contributed by atoms with Gasteiger partial charge in [-0.25, -0.2) is 8.42 Å². The van der Waals surface area contributed by atoms with Crippen LogP contribution in [0.25, 0.3) is 0 Å². The van der Waals surface area contributed by atoms with Crippen molar-refractivity contribution in [2.75, 3.05) is 57.1 Å². The summed E-state index contributed by atoms with van der Waals surface area (Å²) in [5, 5.41) is 2.99. The molecule has 1 saturated carbocycles. The third kappa shape index (κ3) is 7.30. The van der Waals surface area contributed by atoms with Crippen LogP contribution in [0, 0.1) is 20.8 Å². The van der Waals surface area contributed by atoms with Crippen LogP contribution in [-0.4, -0.2) is 98.9 Å². The third-order valence-electron chi connectivity index (χ3n) is 9.43. The van der Waals surface area contributed by atoms with Gasteiger partial charge in [0.1, 0.15) is 11.9 Å². The van der Waals surface area contributed by atoms with Gasteiger partial charge in [0.05, 0.1) is 6.26 Å². The summed E-state index contributed by atoms with van der Waals surface area (Å²) in [5.41, 5.74) is 4.39. The number of ether oxygens (including phenoxy) is 2. The summed E-state index contributed by atoms with van der Waals surface area (Å²) in [6.45, 7) is 12.7. The van der Waals surface area contributed by atoms with Crippen molar-refractivity contribution in [2.45, 2.75) is 78.1 Å². The van der Waals surface area contributed by atoms with Gasteiger partial charge in [0.15, 0.2) is 0 Å². The van der Waals surface area contributed by atoms with E-state index in [9.17, 15) is 18.0 Å². The summed E-state index contributed by atoms with van der Waals surface area (Å²) in [5.74, 6) is 0.419. The van der Waals surface area contributed by atoms with Crippen LogP contribution >= 0.6 is 0 Å². The highest BCUT2D eigenvalue weighted by atomic mass is 32.2. The zero-order valence-electron chi connectivity index (χ0n) is 26.6. The molecule has 1 aromatic carbocycles. The lowest BCUT2D eigenvalue weighted by molar-refractivity contribution is 0.00408. The Morgan fingerprint density at radius 2 is 1.77 bits per heavy atom. The van der Waals surface area contributed by atoms with Gasteiger partial charge in [-0.15, -0.1) is 0 Å². The van der Waals surface area contributed by atoms with Crippen LogP contribution < -0.4 is 20.5 Å². The summed E-state index contributed by atoms with van der Waals surface area (Å²) in [7, 11) is -3.16. The zero-order chi connectivity index (χ0) is 31.6. The lowest BCUT2D eigenvalue weighted by Gasteiger charge is -2.45. The molecule has 242 valence electrons. The summed E-state index contributed by atoms with van der Waals surface area (Å²) in [4.78, 5) is 33.8. The van der Waals surface area contributed by atoms with E-state index in [4.69, 9.17) is 9.47 Å². The average Bonchev–Trinajstić information content (AvgIpc) is 2.96. The summed E-state index contributed by atoms with van der Waals surface area (Å²) >= 11 is 0. The van der Waals surface area contributed by atoms with Gasteiger partial charge >= 0.3 is 0 Å². The number of carbonyl (C=O) groups excluding carboxylic acids is 1. The molecule has 2 aliphatic heterocycles. The second-order valence-electron chi connectivity index (χ2n) is 12.4. The van der Waals surface area contributed by atoms with Crippen LogP contribution in [0.5, 0.6) is 5.75 Å².